The summed E-state index contributed by atoms with van der Waals surface area (Å²) in [4.78, 5) is 25.4. The second kappa shape index (κ2) is 8.27. The summed E-state index contributed by atoms with van der Waals surface area (Å²) < 4.78 is 0. The van der Waals surface area contributed by atoms with Crippen molar-refractivity contribution >= 4 is 17.5 Å². The first-order valence-electron chi connectivity index (χ1n) is 9.27. The van der Waals surface area contributed by atoms with Gasteiger partial charge in [-0.15, -0.1) is 0 Å². The third-order valence-electron chi connectivity index (χ3n) is 4.84. The van der Waals surface area contributed by atoms with Crippen LogP contribution >= 0.6 is 0 Å². The lowest BCUT2D eigenvalue weighted by molar-refractivity contribution is 0.0642. The van der Waals surface area contributed by atoms with Crippen LogP contribution in [0.3, 0.4) is 0 Å². The summed E-state index contributed by atoms with van der Waals surface area (Å²) in [6.07, 6.45) is 3.21. The standard InChI is InChI=1S/C20H27N5O/c1-4-24-9-11-25(12-10-24)19(26)17-13-21-20(22-14-17)23-18-7-5-16(6-8-18)15(2)3/h5-8,13-15H,4,9-12H2,1-3H3,(H,21,22,23). The van der Waals surface area contributed by atoms with Gasteiger partial charge in [-0.05, 0) is 30.2 Å². The fraction of sp³-hybridized carbons (Fsp3) is 0.450. The Morgan fingerprint density at radius 2 is 1.69 bits per heavy atom. The van der Waals surface area contributed by atoms with E-state index < -0.39 is 0 Å². The van der Waals surface area contributed by atoms with Crippen LogP contribution in [0.2, 0.25) is 0 Å². The summed E-state index contributed by atoms with van der Waals surface area (Å²) in [6.45, 7) is 10.9. The first-order chi connectivity index (χ1) is 12.6. The maximum atomic E-state index is 12.6. The minimum atomic E-state index is 0.00795. The van der Waals surface area contributed by atoms with Crippen molar-refractivity contribution in [2.45, 2.75) is 26.7 Å². The topological polar surface area (TPSA) is 61.4 Å². The molecule has 1 aliphatic heterocycles. The molecular weight excluding hydrogens is 326 g/mol. The van der Waals surface area contributed by atoms with E-state index in [1.54, 1.807) is 12.4 Å². The molecular formula is C20H27N5O. The summed E-state index contributed by atoms with van der Waals surface area (Å²) in [5.41, 5.74) is 2.76. The highest BCUT2D eigenvalue weighted by atomic mass is 16.2. The Hall–Kier alpha value is -2.47. The monoisotopic (exact) mass is 353 g/mol. The molecule has 0 spiro atoms. The van der Waals surface area contributed by atoms with Crippen molar-refractivity contribution in [2.75, 3.05) is 38.0 Å². The number of hydrogen-bond acceptors (Lipinski definition) is 5. The molecule has 1 fully saturated rings. The molecule has 138 valence electrons. The zero-order valence-electron chi connectivity index (χ0n) is 15.8. The Labute approximate surface area is 155 Å². The van der Waals surface area contributed by atoms with Gasteiger partial charge in [0.05, 0.1) is 5.56 Å². The molecule has 26 heavy (non-hydrogen) atoms. The van der Waals surface area contributed by atoms with Crippen molar-refractivity contribution < 1.29 is 4.79 Å². The Kier molecular flexibility index (Phi) is 5.83. The van der Waals surface area contributed by atoms with E-state index in [4.69, 9.17) is 0 Å². The third kappa shape index (κ3) is 4.38. The molecule has 0 bridgehead atoms. The molecule has 1 aromatic carbocycles. The minimum Gasteiger partial charge on any atom is -0.336 e. The maximum Gasteiger partial charge on any atom is 0.257 e. The zero-order chi connectivity index (χ0) is 18.5. The van der Waals surface area contributed by atoms with Crippen LogP contribution in [0.25, 0.3) is 0 Å². The first kappa shape index (κ1) is 18.3. The van der Waals surface area contributed by atoms with Crippen LogP contribution in [0, 0.1) is 0 Å². The Morgan fingerprint density at radius 1 is 1.08 bits per heavy atom. The molecule has 0 atom stereocenters. The normalized spacial score (nSPS) is 15.3. The van der Waals surface area contributed by atoms with Crippen LogP contribution in [0.15, 0.2) is 36.7 Å². The van der Waals surface area contributed by atoms with Crippen LogP contribution in [0.1, 0.15) is 42.6 Å². The molecule has 1 N–H and O–H groups in total. The zero-order valence-corrected chi connectivity index (χ0v) is 15.8. The Bertz CT molecular complexity index is 719. The lowest BCUT2D eigenvalue weighted by Crippen LogP contribution is -2.48. The highest BCUT2D eigenvalue weighted by Gasteiger charge is 2.21. The number of carbonyl (C=O) groups excluding carboxylic acids is 1. The molecule has 6 heteroatoms. The van der Waals surface area contributed by atoms with E-state index in [1.807, 2.05) is 17.0 Å². The largest absolute Gasteiger partial charge is 0.336 e. The second-order valence-corrected chi connectivity index (χ2v) is 6.92. The van der Waals surface area contributed by atoms with E-state index in [1.165, 1.54) is 5.56 Å². The van der Waals surface area contributed by atoms with Gasteiger partial charge < -0.3 is 15.1 Å². The van der Waals surface area contributed by atoms with Gasteiger partial charge in [-0.2, -0.15) is 0 Å². The van der Waals surface area contributed by atoms with Gasteiger partial charge in [0.15, 0.2) is 0 Å². The molecule has 0 aliphatic carbocycles. The fourth-order valence-electron chi connectivity index (χ4n) is 3.03. The van der Waals surface area contributed by atoms with Crippen molar-refractivity contribution in [1.82, 2.24) is 19.8 Å². The number of aromatic nitrogens is 2. The van der Waals surface area contributed by atoms with Crippen LogP contribution in [-0.4, -0.2) is 58.4 Å². The SMILES string of the molecule is CCN1CCN(C(=O)c2cnc(Nc3ccc(C(C)C)cc3)nc2)CC1. The fourth-order valence-corrected chi connectivity index (χ4v) is 3.03. The average molecular weight is 353 g/mol. The van der Waals surface area contributed by atoms with Crippen molar-refractivity contribution in [3.05, 3.63) is 47.8 Å². The molecule has 1 saturated heterocycles. The molecule has 0 saturated carbocycles. The number of likely N-dealkylation sites (N-methyl/N-ethyl adjacent to an activating group) is 1. The van der Waals surface area contributed by atoms with E-state index in [9.17, 15) is 4.79 Å². The van der Waals surface area contributed by atoms with Gasteiger partial charge in [-0.1, -0.05) is 32.9 Å². The third-order valence-corrected chi connectivity index (χ3v) is 4.84. The molecule has 0 unspecified atom stereocenters. The van der Waals surface area contributed by atoms with Gasteiger partial charge in [0.2, 0.25) is 5.95 Å². The van der Waals surface area contributed by atoms with Gasteiger partial charge in [-0.25, -0.2) is 9.97 Å². The Morgan fingerprint density at radius 3 is 2.23 bits per heavy atom. The van der Waals surface area contributed by atoms with Crippen LogP contribution in [0.5, 0.6) is 0 Å². The van der Waals surface area contributed by atoms with E-state index >= 15 is 0 Å². The van der Waals surface area contributed by atoms with Crippen molar-refractivity contribution in [3.8, 4) is 0 Å². The smallest absolute Gasteiger partial charge is 0.257 e. The lowest BCUT2D eigenvalue weighted by atomic mass is 10.0. The lowest BCUT2D eigenvalue weighted by Gasteiger charge is -2.33. The Balaban J connectivity index is 1.60. The summed E-state index contributed by atoms with van der Waals surface area (Å²) in [5, 5.41) is 3.18. The predicted octanol–water partition coefficient (Wildman–Crippen LogP) is 3.12. The van der Waals surface area contributed by atoms with Crippen LogP contribution < -0.4 is 5.32 Å². The van der Waals surface area contributed by atoms with Gasteiger partial charge in [0, 0.05) is 44.3 Å². The number of benzene rings is 1. The number of nitrogens with zero attached hydrogens (tertiary/aromatic N) is 4. The van der Waals surface area contributed by atoms with Crippen molar-refractivity contribution in [2.24, 2.45) is 0 Å². The van der Waals surface area contributed by atoms with E-state index in [0.717, 1.165) is 38.4 Å². The molecule has 6 nitrogen and oxygen atoms in total. The number of carbonyl (C=O) groups is 1. The maximum absolute atomic E-state index is 12.6. The summed E-state index contributed by atoms with van der Waals surface area (Å²) in [7, 11) is 0. The summed E-state index contributed by atoms with van der Waals surface area (Å²) in [6, 6.07) is 8.23. The van der Waals surface area contributed by atoms with Gasteiger partial charge in [0.1, 0.15) is 0 Å². The molecule has 2 heterocycles. The number of piperazine rings is 1. The molecule has 1 aromatic heterocycles. The summed E-state index contributed by atoms with van der Waals surface area (Å²) in [5.74, 6) is 1.01. The van der Waals surface area contributed by atoms with E-state index in [-0.39, 0.29) is 5.91 Å². The molecule has 1 aliphatic rings. The number of nitrogens with one attached hydrogen (secondary N) is 1. The van der Waals surface area contributed by atoms with Gasteiger partial charge >= 0.3 is 0 Å². The minimum absolute atomic E-state index is 0.00795. The van der Waals surface area contributed by atoms with Crippen molar-refractivity contribution in [3.63, 3.8) is 0 Å². The van der Waals surface area contributed by atoms with Gasteiger partial charge in [0.25, 0.3) is 5.91 Å². The first-order valence-corrected chi connectivity index (χ1v) is 9.27. The van der Waals surface area contributed by atoms with Crippen LogP contribution in [0.4, 0.5) is 11.6 Å². The number of anilines is 2. The molecule has 0 radical (unpaired) electrons. The van der Waals surface area contributed by atoms with Crippen LogP contribution in [-0.2, 0) is 0 Å². The highest BCUT2D eigenvalue weighted by molar-refractivity contribution is 5.93. The van der Waals surface area contributed by atoms with E-state index in [0.29, 0.717) is 17.4 Å². The quantitative estimate of drug-likeness (QED) is 0.895. The predicted molar refractivity (Wildman–Crippen MR) is 104 cm³/mol. The summed E-state index contributed by atoms with van der Waals surface area (Å²) >= 11 is 0. The number of hydrogen-bond donors (Lipinski definition) is 1. The van der Waals surface area contributed by atoms with Crippen molar-refractivity contribution in [1.29, 1.82) is 0 Å². The molecule has 3 rings (SSSR count). The number of rotatable bonds is 5. The van der Waals surface area contributed by atoms with Gasteiger partial charge in [-0.3, -0.25) is 4.79 Å². The average Bonchev–Trinajstić information content (AvgIpc) is 2.68. The molecule has 1 amide bonds. The number of amides is 1. The van der Waals surface area contributed by atoms with E-state index in [2.05, 4.69) is 53.1 Å². The second-order valence-electron chi connectivity index (χ2n) is 6.92. The molecule has 2 aromatic rings. The highest BCUT2D eigenvalue weighted by Crippen LogP contribution is 2.19.